The number of aromatic nitrogens is 2. The molecule has 0 unspecified atom stereocenters. The predicted molar refractivity (Wildman–Crippen MR) is 109 cm³/mol. The summed E-state index contributed by atoms with van der Waals surface area (Å²) < 4.78 is 2.62. The van der Waals surface area contributed by atoms with Crippen LogP contribution in [0.15, 0.2) is 88.1 Å². The Morgan fingerprint density at radius 2 is 1.42 bits per heavy atom. The number of benzene rings is 3. The van der Waals surface area contributed by atoms with E-state index in [2.05, 4.69) is 40.2 Å². The zero-order valence-electron chi connectivity index (χ0n) is 14.3. The van der Waals surface area contributed by atoms with Crippen LogP contribution in [-0.4, -0.2) is 9.55 Å². The molecule has 0 bridgehead atoms. The summed E-state index contributed by atoms with van der Waals surface area (Å²) >= 11 is 3.51. The lowest BCUT2D eigenvalue weighted by molar-refractivity contribution is 0.619. The van der Waals surface area contributed by atoms with Gasteiger partial charge in [0.2, 0.25) is 0 Å². The molecule has 4 aromatic rings. The average Bonchev–Trinajstić information content (AvgIpc) is 2.67. The van der Waals surface area contributed by atoms with Gasteiger partial charge in [0.05, 0.1) is 16.9 Å². The molecule has 0 atom stereocenters. The van der Waals surface area contributed by atoms with Crippen LogP contribution in [-0.2, 0) is 0 Å². The molecule has 4 heteroatoms. The first-order valence-corrected chi connectivity index (χ1v) is 9.23. The van der Waals surface area contributed by atoms with Gasteiger partial charge in [-0.25, -0.2) is 4.98 Å². The lowest BCUT2D eigenvalue weighted by atomic mass is 9.98. The first-order chi connectivity index (χ1) is 12.7. The van der Waals surface area contributed by atoms with Crippen molar-refractivity contribution in [1.82, 2.24) is 9.55 Å². The standard InChI is InChI=1S/C22H17BrN2O/c1-15-24-20-18(13-8-14-19(20)23)22(26)25(15)21(16-9-4-2-5-10-16)17-11-6-3-7-12-17/h2-14,21H,1H3. The Hall–Kier alpha value is -2.72. The van der Waals surface area contributed by atoms with Crippen molar-refractivity contribution >= 4 is 26.8 Å². The van der Waals surface area contributed by atoms with Crippen molar-refractivity contribution in [2.75, 3.05) is 0 Å². The smallest absolute Gasteiger partial charge is 0.262 e. The van der Waals surface area contributed by atoms with E-state index < -0.39 is 0 Å². The fourth-order valence-corrected chi connectivity index (χ4v) is 3.81. The number of aryl methyl sites for hydroxylation is 1. The fraction of sp³-hybridized carbons (Fsp3) is 0.0909. The van der Waals surface area contributed by atoms with Gasteiger partial charge in [-0.05, 0) is 46.1 Å². The van der Waals surface area contributed by atoms with Crippen LogP contribution in [0.25, 0.3) is 10.9 Å². The summed E-state index contributed by atoms with van der Waals surface area (Å²) in [5, 5.41) is 0.613. The number of fused-ring (bicyclic) bond motifs is 1. The normalized spacial score (nSPS) is 11.2. The number of rotatable bonds is 3. The van der Waals surface area contributed by atoms with Gasteiger partial charge in [0.25, 0.3) is 5.56 Å². The molecule has 0 saturated carbocycles. The summed E-state index contributed by atoms with van der Waals surface area (Å²) in [6.07, 6.45) is 0. The molecule has 0 radical (unpaired) electrons. The SMILES string of the molecule is Cc1nc2c(Br)cccc2c(=O)n1C(c1ccccc1)c1ccccc1. The molecule has 0 N–H and O–H groups in total. The van der Waals surface area contributed by atoms with Crippen molar-refractivity contribution in [1.29, 1.82) is 0 Å². The highest BCUT2D eigenvalue weighted by atomic mass is 79.9. The van der Waals surface area contributed by atoms with Crippen molar-refractivity contribution in [3.05, 3.63) is 111 Å². The van der Waals surface area contributed by atoms with E-state index in [1.807, 2.05) is 61.5 Å². The van der Waals surface area contributed by atoms with Crippen molar-refractivity contribution in [2.45, 2.75) is 13.0 Å². The lowest BCUT2D eigenvalue weighted by Crippen LogP contribution is -2.29. The van der Waals surface area contributed by atoms with Crippen LogP contribution in [0.2, 0.25) is 0 Å². The zero-order chi connectivity index (χ0) is 18.1. The maximum Gasteiger partial charge on any atom is 0.262 e. The molecule has 0 aliphatic heterocycles. The van der Waals surface area contributed by atoms with Gasteiger partial charge in [0, 0.05) is 4.47 Å². The molecule has 0 aliphatic carbocycles. The second kappa shape index (κ2) is 6.89. The number of nitrogens with zero attached hydrogens (tertiary/aromatic N) is 2. The minimum Gasteiger partial charge on any atom is -0.285 e. The second-order valence-electron chi connectivity index (χ2n) is 6.19. The van der Waals surface area contributed by atoms with Gasteiger partial charge >= 0.3 is 0 Å². The minimum atomic E-state index is -0.221. The van der Waals surface area contributed by atoms with E-state index in [9.17, 15) is 4.79 Å². The van der Waals surface area contributed by atoms with Crippen LogP contribution < -0.4 is 5.56 Å². The van der Waals surface area contributed by atoms with Crippen molar-refractivity contribution in [3.8, 4) is 0 Å². The molecule has 1 aromatic heterocycles. The van der Waals surface area contributed by atoms with Crippen LogP contribution >= 0.6 is 15.9 Å². The maximum absolute atomic E-state index is 13.4. The predicted octanol–water partition coefficient (Wildman–Crippen LogP) is 5.11. The molecule has 3 aromatic carbocycles. The summed E-state index contributed by atoms with van der Waals surface area (Å²) in [5.41, 5.74) is 2.78. The summed E-state index contributed by atoms with van der Waals surface area (Å²) in [5.74, 6) is 0.687. The number of halogens is 1. The molecule has 0 saturated heterocycles. The van der Waals surface area contributed by atoms with E-state index in [1.54, 1.807) is 4.57 Å². The van der Waals surface area contributed by atoms with Crippen LogP contribution in [0.1, 0.15) is 23.0 Å². The van der Waals surface area contributed by atoms with Gasteiger partial charge < -0.3 is 0 Å². The largest absolute Gasteiger partial charge is 0.285 e. The van der Waals surface area contributed by atoms with Crippen molar-refractivity contribution in [3.63, 3.8) is 0 Å². The molecule has 128 valence electrons. The molecule has 0 spiro atoms. The minimum absolute atomic E-state index is 0.0356. The third kappa shape index (κ3) is 2.86. The van der Waals surface area contributed by atoms with Crippen molar-refractivity contribution < 1.29 is 0 Å². The van der Waals surface area contributed by atoms with Crippen LogP contribution in [0.4, 0.5) is 0 Å². The molecule has 0 aliphatic rings. The lowest BCUT2D eigenvalue weighted by Gasteiger charge is -2.23. The Balaban J connectivity index is 2.05. The summed E-state index contributed by atoms with van der Waals surface area (Å²) in [7, 11) is 0. The third-order valence-corrected chi connectivity index (χ3v) is 5.19. The number of hydrogen-bond acceptors (Lipinski definition) is 2. The molecule has 4 rings (SSSR count). The molecule has 1 heterocycles. The van der Waals surface area contributed by atoms with Gasteiger partial charge in [-0.1, -0.05) is 66.7 Å². The van der Waals surface area contributed by atoms with E-state index >= 15 is 0 Å². The van der Waals surface area contributed by atoms with E-state index in [0.717, 1.165) is 15.6 Å². The van der Waals surface area contributed by atoms with Crippen LogP contribution in [0.5, 0.6) is 0 Å². The Labute approximate surface area is 160 Å². The molecular formula is C22H17BrN2O. The molecular weight excluding hydrogens is 388 g/mol. The number of para-hydroxylation sites is 1. The molecule has 0 amide bonds. The van der Waals surface area contributed by atoms with Crippen LogP contribution in [0.3, 0.4) is 0 Å². The first kappa shape index (κ1) is 16.7. The van der Waals surface area contributed by atoms with E-state index in [4.69, 9.17) is 4.98 Å². The highest BCUT2D eigenvalue weighted by Gasteiger charge is 2.21. The topological polar surface area (TPSA) is 34.9 Å². The first-order valence-electron chi connectivity index (χ1n) is 8.44. The quantitative estimate of drug-likeness (QED) is 0.475. The third-order valence-electron chi connectivity index (χ3n) is 4.55. The highest BCUT2D eigenvalue weighted by Crippen LogP contribution is 2.28. The van der Waals surface area contributed by atoms with Crippen molar-refractivity contribution in [2.24, 2.45) is 0 Å². The van der Waals surface area contributed by atoms with E-state index in [0.29, 0.717) is 16.7 Å². The summed E-state index contributed by atoms with van der Waals surface area (Å²) in [6, 6.07) is 25.5. The maximum atomic E-state index is 13.4. The van der Waals surface area contributed by atoms with Crippen LogP contribution in [0, 0.1) is 6.92 Å². The monoisotopic (exact) mass is 404 g/mol. The Kier molecular flexibility index (Phi) is 4.43. The van der Waals surface area contributed by atoms with E-state index in [-0.39, 0.29) is 11.6 Å². The van der Waals surface area contributed by atoms with Gasteiger partial charge in [0.1, 0.15) is 5.82 Å². The summed E-state index contributed by atoms with van der Waals surface area (Å²) in [6.45, 7) is 1.89. The van der Waals surface area contributed by atoms with Gasteiger partial charge in [-0.15, -0.1) is 0 Å². The van der Waals surface area contributed by atoms with Gasteiger partial charge in [-0.3, -0.25) is 9.36 Å². The second-order valence-corrected chi connectivity index (χ2v) is 7.05. The Bertz CT molecular complexity index is 1080. The molecule has 3 nitrogen and oxygen atoms in total. The van der Waals surface area contributed by atoms with Gasteiger partial charge in [-0.2, -0.15) is 0 Å². The molecule has 26 heavy (non-hydrogen) atoms. The summed E-state index contributed by atoms with van der Waals surface area (Å²) in [4.78, 5) is 18.1. The Morgan fingerprint density at radius 1 is 0.846 bits per heavy atom. The average molecular weight is 405 g/mol. The van der Waals surface area contributed by atoms with E-state index in [1.165, 1.54) is 0 Å². The number of hydrogen-bond donors (Lipinski definition) is 0. The fourth-order valence-electron chi connectivity index (χ4n) is 3.36. The Morgan fingerprint density at radius 3 is 2.00 bits per heavy atom. The van der Waals surface area contributed by atoms with Gasteiger partial charge in [0.15, 0.2) is 0 Å². The zero-order valence-corrected chi connectivity index (χ0v) is 15.8. The highest BCUT2D eigenvalue weighted by molar-refractivity contribution is 9.10. The molecule has 0 fully saturated rings.